The monoisotopic (exact) mass is 365 g/mol. The summed E-state index contributed by atoms with van der Waals surface area (Å²) in [7, 11) is 1.70. The number of carbonyl (C=O) groups excluding carboxylic acids is 1. The Morgan fingerprint density at radius 3 is 2.79 bits per heavy atom. The van der Waals surface area contributed by atoms with Crippen LogP contribution in [0.5, 0.6) is 0 Å². The SMILES string of the molecule is Cc1c2c(n(C)c(=O)c1Cl)CN(C(=O)c1cnc(CC(C)C)s1)C2. The van der Waals surface area contributed by atoms with Crippen LogP contribution in [0.2, 0.25) is 5.02 Å². The second kappa shape index (κ2) is 6.33. The fourth-order valence-corrected chi connectivity index (χ4v) is 4.31. The second-order valence-electron chi connectivity index (χ2n) is 6.61. The van der Waals surface area contributed by atoms with Crippen molar-refractivity contribution in [3.8, 4) is 0 Å². The number of amides is 1. The minimum atomic E-state index is -0.209. The summed E-state index contributed by atoms with van der Waals surface area (Å²) in [6, 6.07) is 0. The molecule has 2 aromatic heterocycles. The van der Waals surface area contributed by atoms with Crippen molar-refractivity contribution in [3.63, 3.8) is 0 Å². The summed E-state index contributed by atoms with van der Waals surface area (Å²) in [5.41, 5.74) is 2.40. The number of nitrogens with zero attached hydrogens (tertiary/aromatic N) is 3. The van der Waals surface area contributed by atoms with Crippen molar-refractivity contribution in [1.29, 1.82) is 0 Å². The predicted octanol–water partition coefficient (Wildman–Crippen LogP) is 3.16. The third kappa shape index (κ3) is 2.89. The molecular weight excluding hydrogens is 346 g/mol. The molecule has 0 N–H and O–H groups in total. The van der Waals surface area contributed by atoms with E-state index in [0.29, 0.717) is 23.9 Å². The Balaban J connectivity index is 1.86. The molecule has 1 aliphatic rings. The predicted molar refractivity (Wildman–Crippen MR) is 95.7 cm³/mol. The average Bonchev–Trinajstić information content (AvgIpc) is 3.16. The number of fused-ring (bicyclic) bond motifs is 1. The van der Waals surface area contributed by atoms with Gasteiger partial charge in [-0.2, -0.15) is 0 Å². The maximum atomic E-state index is 12.8. The Morgan fingerprint density at radius 1 is 1.42 bits per heavy atom. The van der Waals surface area contributed by atoms with Crippen LogP contribution < -0.4 is 5.56 Å². The fourth-order valence-electron chi connectivity index (χ4n) is 2.97. The lowest BCUT2D eigenvalue weighted by atomic mass is 10.1. The third-order valence-corrected chi connectivity index (χ3v) is 5.80. The lowest BCUT2D eigenvalue weighted by Crippen LogP contribution is -2.26. The van der Waals surface area contributed by atoms with E-state index in [1.165, 1.54) is 11.3 Å². The van der Waals surface area contributed by atoms with Crippen LogP contribution in [0.15, 0.2) is 11.0 Å². The van der Waals surface area contributed by atoms with Crippen molar-refractivity contribution in [2.75, 3.05) is 0 Å². The van der Waals surface area contributed by atoms with Gasteiger partial charge in [0.1, 0.15) is 9.90 Å². The molecule has 0 bridgehead atoms. The van der Waals surface area contributed by atoms with E-state index < -0.39 is 0 Å². The number of halogens is 1. The quantitative estimate of drug-likeness (QED) is 0.839. The number of rotatable bonds is 3. The van der Waals surface area contributed by atoms with Crippen LogP contribution in [0, 0.1) is 12.8 Å². The van der Waals surface area contributed by atoms with Gasteiger partial charge in [0, 0.05) is 25.7 Å². The zero-order valence-electron chi connectivity index (χ0n) is 14.2. The van der Waals surface area contributed by atoms with Crippen molar-refractivity contribution in [1.82, 2.24) is 14.5 Å². The molecule has 1 aliphatic heterocycles. The van der Waals surface area contributed by atoms with Gasteiger partial charge >= 0.3 is 0 Å². The van der Waals surface area contributed by atoms with Gasteiger partial charge in [0.15, 0.2) is 0 Å². The molecule has 0 fully saturated rings. The van der Waals surface area contributed by atoms with Gasteiger partial charge in [-0.3, -0.25) is 9.59 Å². The highest BCUT2D eigenvalue weighted by molar-refractivity contribution is 7.13. The number of thiazole rings is 1. The van der Waals surface area contributed by atoms with Crippen molar-refractivity contribution < 1.29 is 4.79 Å². The topological polar surface area (TPSA) is 55.2 Å². The standard InChI is InChI=1S/C17H20ClN3O2S/c1-9(2)5-14-19-6-13(24-14)16(22)21-7-11-10(3)15(18)17(23)20(4)12(11)8-21/h6,9H,5,7-8H2,1-4H3. The molecule has 3 heterocycles. The molecule has 0 saturated carbocycles. The van der Waals surface area contributed by atoms with E-state index in [1.54, 1.807) is 22.7 Å². The summed E-state index contributed by atoms with van der Waals surface area (Å²) >= 11 is 7.57. The minimum absolute atomic E-state index is 0.0401. The largest absolute Gasteiger partial charge is 0.328 e. The van der Waals surface area contributed by atoms with Crippen LogP contribution in [-0.4, -0.2) is 20.4 Å². The van der Waals surface area contributed by atoms with Crippen LogP contribution >= 0.6 is 22.9 Å². The highest BCUT2D eigenvalue weighted by atomic mass is 35.5. The molecular formula is C17H20ClN3O2S. The first-order valence-electron chi connectivity index (χ1n) is 7.90. The Bertz CT molecular complexity index is 869. The fraction of sp³-hybridized carbons (Fsp3) is 0.471. The van der Waals surface area contributed by atoms with Crippen molar-refractivity contribution in [2.24, 2.45) is 13.0 Å². The molecule has 2 aromatic rings. The Kier molecular flexibility index (Phi) is 4.53. The zero-order valence-corrected chi connectivity index (χ0v) is 15.8. The van der Waals surface area contributed by atoms with E-state index in [-0.39, 0.29) is 16.5 Å². The summed E-state index contributed by atoms with van der Waals surface area (Å²) in [5.74, 6) is 0.469. The first-order chi connectivity index (χ1) is 11.3. The van der Waals surface area contributed by atoms with Crippen molar-refractivity contribution in [2.45, 2.75) is 40.3 Å². The smallest absolute Gasteiger partial charge is 0.269 e. The maximum Gasteiger partial charge on any atom is 0.269 e. The Morgan fingerprint density at radius 2 is 2.12 bits per heavy atom. The van der Waals surface area contributed by atoms with Crippen LogP contribution in [0.25, 0.3) is 0 Å². The number of hydrogen-bond donors (Lipinski definition) is 0. The molecule has 5 nitrogen and oxygen atoms in total. The van der Waals surface area contributed by atoms with Gasteiger partial charge in [-0.1, -0.05) is 25.4 Å². The zero-order chi connectivity index (χ0) is 17.6. The number of pyridine rings is 1. The van der Waals surface area contributed by atoms with E-state index in [2.05, 4.69) is 18.8 Å². The van der Waals surface area contributed by atoms with Gasteiger partial charge in [0.25, 0.3) is 11.5 Å². The summed E-state index contributed by atoms with van der Waals surface area (Å²) < 4.78 is 1.55. The molecule has 0 saturated heterocycles. The lowest BCUT2D eigenvalue weighted by molar-refractivity contribution is 0.0754. The normalized spacial score (nSPS) is 13.7. The van der Waals surface area contributed by atoms with E-state index in [0.717, 1.165) is 28.2 Å². The molecule has 7 heteroatoms. The molecule has 24 heavy (non-hydrogen) atoms. The summed E-state index contributed by atoms with van der Waals surface area (Å²) in [4.78, 5) is 31.7. The van der Waals surface area contributed by atoms with Gasteiger partial charge in [-0.05, 0) is 24.0 Å². The number of carbonyl (C=O) groups is 1. The molecule has 3 rings (SSSR count). The average molecular weight is 366 g/mol. The van der Waals surface area contributed by atoms with E-state index in [1.807, 2.05) is 6.92 Å². The van der Waals surface area contributed by atoms with Crippen LogP contribution in [-0.2, 0) is 26.6 Å². The van der Waals surface area contributed by atoms with E-state index >= 15 is 0 Å². The summed E-state index contributed by atoms with van der Waals surface area (Å²) in [6.07, 6.45) is 2.54. The van der Waals surface area contributed by atoms with Gasteiger partial charge < -0.3 is 9.47 Å². The summed E-state index contributed by atoms with van der Waals surface area (Å²) in [6.45, 7) is 7.00. The molecule has 0 aromatic carbocycles. The van der Waals surface area contributed by atoms with Crippen LogP contribution in [0.4, 0.5) is 0 Å². The number of aromatic nitrogens is 2. The Hall–Kier alpha value is -1.66. The molecule has 0 atom stereocenters. The van der Waals surface area contributed by atoms with Crippen LogP contribution in [0.3, 0.4) is 0 Å². The number of hydrogen-bond acceptors (Lipinski definition) is 4. The van der Waals surface area contributed by atoms with Gasteiger partial charge in [-0.25, -0.2) is 4.98 Å². The van der Waals surface area contributed by atoms with Gasteiger partial charge in [0.2, 0.25) is 0 Å². The summed E-state index contributed by atoms with van der Waals surface area (Å²) in [5, 5.41) is 1.22. The first-order valence-corrected chi connectivity index (χ1v) is 9.09. The first kappa shape index (κ1) is 17.2. The van der Waals surface area contributed by atoms with Gasteiger partial charge in [-0.15, -0.1) is 11.3 Å². The molecule has 0 aliphatic carbocycles. The van der Waals surface area contributed by atoms with Gasteiger partial charge in [0.05, 0.1) is 17.7 Å². The minimum Gasteiger partial charge on any atom is -0.328 e. The molecule has 0 unspecified atom stereocenters. The highest BCUT2D eigenvalue weighted by Gasteiger charge is 2.30. The second-order valence-corrected chi connectivity index (χ2v) is 8.10. The van der Waals surface area contributed by atoms with Crippen LogP contribution in [0.1, 0.15) is 45.3 Å². The molecule has 0 spiro atoms. The van der Waals surface area contributed by atoms with E-state index in [4.69, 9.17) is 11.6 Å². The highest BCUT2D eigenvalue weighted by Crippen LogP contribution is 2.29. The third-order valence-electron chi connectivity index (χ3n) is 4.35. The molecule has 0 radical (unpaired) electrons. The Labute approximate surface area is 149 Å². The lowest BCUT2D eigenvalue weighted by Gasteiger charge is -2.13. The molecule has 128 valence electrons. The van der Waals surface area contributed by atoms with E-state index in [9.17, 15) is 9.59 Å². The van der Waals surface area contributed by atoms with Crippen molar-refractivity contribution >= 4 is 28.8 Å². The van der Waals surface area contributed by atoms with Crippen molar-refractivity contribution in [3.05, 3.63) is 48.3 Å². The molecule has 1 amide bonds. The maximum absolute atomic E-state index is 12.8.